The minimum absolute atomic E-state index is 0.121. The van der Waals surface area contributed by atoms with Gasteiger partial charge in [0.1, 0.15) is 17.4 Å². The third-order valence-electron chi connectivity index (χ3n) is 3.25. The smallest absolute Gasteiger partial charge is 0.199 e. The van der Waals surface area contributed by atoms with Crippen LogP contribution >= 0.6 is 23.2 Å². The lowest BCUT2D eigenvalue weighted by atomic mass is 9.99. The van der Waals surface area contributed by atoms with Crippen LogP contribution in [0.1, 0.15) is 21.5 Å². The summed E-state index contributed by atoms with van der Waals surface area (Å²) in [5.41, 5.74) is 0.494. The number of halogens is 4. The van der Waals surface area contributed by atoms with Crippen LogP contribution in [0.5, 0.6) is 5.75 Å². The highest BCUT2D eigenvalue weighted by atomic mass is 35.5. The van der Waals surface area contributed by atoms with Crippen molar-refractivity contribution in [2.24, 2.45) is 0 Å². The second-order valence-electron chi connectivity index (χ2n) is 4.62. The molecule has 21 heavy (non-hydrogen) atoms. The molecule has 2 nitrogen and oxygen atoms in total. The molecule has 0 aromatic heterocycles. The quantitative estimate of drug-likeness (QED) is 0.601. The van der Waals surface area contributed by atoms with E-state index in [0.29, 0.717) is 23.8 Å². The normalized spacial score (nSPS) is 13.0. The molecule has 0 radical (unpaired) electrons. The topological polar surface area (TPSA) is 26.3 Å². The van der Waals surface area contributed by atoms with Gasteiger partial charge in [0.25, 0.3) is 0 Å². The monoisotopic (exact) mass is 328 g/mol. The summed E-state index contributed by atoms with van der Waals surface area (Å²) >= 11 is 11.4. The van der Waals surface area contributed by atoms with Gasteiger partial charge in [0, 0.05) is 11.4 Å². The van der Waals surface area contributed by atoms with Gasteiger partial charge in [-0.3, -0.25) is 4.79 Å². The van der Waals surface area contributed by atoms with Crippen LogP contribution in [0.2, 0.25) is 10.0 Å². The average molecular weight is 329 g/mol. The van der Waals surface area contributed by atoms with E-state index >= 15 is 0 Å². The van der Waals surface area contributed by atoms with Crippen LogP contribution in [0.4, 0.5) is 8.78 Å². The Morgan fingerprint density at radius 2 is 1.81 bits per heavy atom. The minimum Gasteiger partial charge on any atom is -0.492 e. The zero-order valence-electron chi connectivity index (χ0n) is 10.6. The maximum atomic E-state index is 13.9. The van der Waals surface area contributed by atoms with E-state index in [1.807, 2.05) is 0 Å². The number of rotatable bonds is 2. The Morgan fingerprint density at radius 3 is 2.57 bits per heavy atom. The second-order valence-corrected chi connectivity index (χ2v) is 5.46. The van der Waals surface area contributed by atoms with Gasteiger partial charge in [0.2, 0.25) is 0 Å². The molecule has 1 aliphatic rings. The van der Waals surface area contributed by atoms with E-state index in [1.165, 1.54) is 6.07 Å². The lowest BCUT2D eigenvalue weighted by Crippen LogP contribution is -2.07. The van der Waals surface area contributed by atoms with Gasteiger partial charge >= 0.3 is 0 Å². The molecule has 2 aromatic rings. The van der Waals surface area contributed by atoms with Crippen molar-refractivity contribution in [3.63, 3.8) is 0 Å². The second kappa shape index (κ2) is 5.28. The van der Waals surface area contributed by atoms with E-state index in [-0.39, 0.29) is 10.6 Å². The largest absolute Gasteiger partial charge is 0.492 e. The Labute approximate surface area is 129 Å². The van der Waals surface area contributed by atoms with Crippen LogP contribution in [-0.2, 0) is 6.42 Å². The zero-order valence-corrected chi connectivity index (χ0v) is 12.1. The molecular weight excluding hydrogens is 321 g/mol. The first-order chi connectivity index (χ1) is 9.97. The standard InChI is InChI=1S/C15H8Cl2F2O2/c16-8-3-7-1-2-21-15(7)10(4-8)14(20)9-5-13(19)11(17)6-12(9)18/h3-6H,1-2H2. The molecule has 2 aromatic carbocycles. The van der Waals surface area contributed by atoms with Gasteiger partial charge in [0.05, 0.1) is 22.8 Å². The van der Waals surface area contributed by atoms with Gasteiger partial charge in [-0.1, -0.05) is 23.2 Å². The molecule has 0 aliphatic carbocycles. The number of carbonyl (C=O) groups is 1. The Bertz CT molecular complexity index is 760. The molecule has 108 valence electrons. The molecule has 0 saturated heterocycles. The van der Waals surface area contributed by atoms with E-state index in [0.717, 1.165) is 17.7 Å². The fourth-order valence-electron chi connectivity index (χ4n) is 2.28. The van der Waals surface area contributed by atoms with E-state index in [4.69, 9.17) is 27.9 Å². The van der Waals surface area contributed by atoms with Crippen molar-refractivity contribution in [2.45, 2.75) is 6.42 Å². The number of fused-ring (bicyclic) bond motifs is 1. The highest BCUT2D eigenvalue weighted by Crippen LogP contribution is 2.35. The fraction of sp³-hybridized carbons (Fsp3) is 0.133. The minimum atomic E-state index is -0.891. The summed E-state index contributed by atoms with van der Waals surface area (Å²) in [4.78, 5) is 12.5. The predicted octanol–water partition coefficient (Wildman–Crippen LogP) is 4.44. The van der Waals surface area contributed by atoms with Gasteiger partial charge in [-0.05, 0) is 29.8 Å². The first-order valence-electron chi connectivity index (χ1n) is 6.12. The van der Waals surface area contributed by atoms with E-state index in [2.05, 4.69) is 0 Å². The summed E-state index contributed by atoms with van der Waals surface area (Å²) < 4.78 is 32.8. The number of hydrogen-bond donors (Lipinski definition) is 0. The van der Waals surface area contributed by atoms with Crippen molar-refractivity contribution in [1.29, 1.82) is 0 Å². The Balaban J connectivity index is 2.14. The molecule has 1 aliphatic heterocycles. The van der Waals surface area contributed by atoms with Crippen LogP contribution in [0, 0.1) is 11.6 Å². The molecule has 0 N–H and O–H groups in total. The number of benzene rings is 2. The molecule has 0 atom stereocenters. The van der Waals surface area contributed by atoms with Gasteiger partial charge in [-0.15, -0.1) is 0 Å². The van der Waals surface area contributed by atoms with Crippen molar-refractivity contribution in [1.82, 2.24) is 0 Å². The lowest BCUT2D eigenvalue weighted by Gasteiger charge is -2.09. The van der Waals surface area contributed by atoms with Crippen LogP contribution in [0.15, 0.2) is 24.3 Å². The molecule has 6 heteroatoms. The third kappa shape index (κ3) is 2.49. The van der Waals surface area contributed by atoms with Gasteiger partial charge in [0.15, 0.2) is 5.78 Å². The van der Waals surface area contributed by atoms with Crippen molar-refractivity contribution in [3.8, 4) is 5.75 Å². The molecule has 0 spiro atoms. The predicted molar refractivity (Wildman–Crippen MR) is 75.5 cm³/mol. The van der Waals surface area contributed by atoms with Crippen molar-refractivity contribution >= 4 is 29.0 Å². The van der Waals surface area contributed by atoms with Crippen LogP contribution in [-0.4, -0.2) is 12.4 Å². The van der Waals surface area contributed by atoms with E-state index in [1.54, 1.807) is 6.07 Å². The summed E-state index contributed by atoms with van der Waals surface area (Å²) in [7, 11) is 0. The van der Waals surface area contributed by atoms with Crippen LogP contribution in [0.3, 0.4) is 0 Å². The molecule has 0 saturated carbocycles. The average Bonchev–Trinajstić information content (AvgIpc) is 2.89. The van der Waals surface area contributed by atoms with Crippen molar-refractivity contribution in [2.75, 3.05) is 6.61 Å². The summed E-state index contributed by atoms with van der Waals surface area (Å²) in [6.45, 7) is 0.424. The van der Waals surface area contributed by atoms with Gasteiger partial charge < -0.3 is 4.74 Å². The Kier molecular flexibility index (Phi) is 3.59. The van der Waals surface area contributed by atoms with Crippen molar-refractivity contribution in [3.05, 3.63) is 62.6 Å². The number of carbonyl (C=O) groups excluding carboxylic acids is 1. The SMILES string of the molecule is O=C(c1cc(F)c(Cl)cc1F)c1cc(Cl)cc2c1OCC2. The third-order valence-corrected chi connectivity index (χ3v) is 3.76. The Morgan fingerprint density at radius 1 is 1.05 bits per heavy atom. The van der Waals surface area contributed by atoms with Crippen LogP contribution in [0.25, 0.3) is 0 Å². The van der Waals surface area contributed by atoms with E-state index < -0.39 is 23.0 Å². The maximum absolute atomic E-state index is 13.9. The summed E-state index contributed by atoms with van der Waals surface area (Å²) in [5.74, 6) is -2.07. The number of ether oxygens (including phenoxy) is 1. The molecular formula is C15H8Cl2F2O2. The molecule has 0 bridgehead atoms. The number of hydrogen-bond acceptors (Lipinski definition) is 2. The lowest BCUT2D eigenvalue weighted by molar-refractivity contribution is 0.103. The molecule has 3 rings (SSSR count). The first kappa shape index (κ1) is 14.3. The number of ketones is 1. The maximum Gasteiger partial charge on any atom is 0.199 e. The molecule has 0 unspecified atom stereocenters. The van der Waals surface area contributed by atoms with Gasteiger partial charge in [-0.25, -0.2) is 8.78 Å². The highest BCUT2D eigenvalue weighted by molar-refractivity contribution is 6.32. The summed E-state index contributed by atoms with van der Waals surface area (Å²) in [6, 6.07) is 4.64. The van der Waals surface area contributed by atoms with Gasteiger partial charge in [-0.2, -0.15) is 0 Å². The fourth-order valence-corrected chi connectivity index (χ4v) is 2.67. The summed E-state index contributed by atoms with van der Waals surface area (Å²) in [5, 5.41) is -0.0333. The summed E-state index contributed by atoms with van der Waals surface area (Å²) in [6.07, 6.45) is 0.619. The molecule has 0 amide bonds. The highest BCUT2D eigenvalue weighted by Gasteiger charge is 2.25. The van der Waals surface area contributed by atoms with E-state index in [9.17, 15) is 13.6 Å². The van der Waals surface area contributed by atoms with Crippen molar-refractivity contribution < 1.29 is 18.3 Å². The first-order valence-corrected chi connectivity index (χ1v) is 6.87. The molecule has 1 heterocycles. The zero-order chi connectivity index (χ0) is 15.1. The Hall–Kier alpha value is -1.65. The van der Waals surface area contributed by atoms with Crippen LogP contribution < -0.4 is 4.74 Å². The molecule has 0 fully saturated rings.